The second-order valence-corrected chi connectivity index (χ2v) is 8.85. The SMILES string of the molecule is C#Cc1nc(-c2cccc(C(=O)N(C)C)c2)c(F)c2nc(OC)nc(N3CC4CCC(C3)N4)c12. The van der Waals surface area contributed by atoms with Crippen molar-refractivity contribution in [1.82, 2.24) is 25.2 Å². The molecule has 0 aliphatic carbocycles. The van der Waals surface area contributed by atoms with Gasteiger partial charge in [0, 0.05) is 50.4 Å². The van der Waals surface area contributed by atoms with Gasteiger partial charge in [-0.1, -0.05) is 12.1 Å². The lowest BCUT2D eigenvalue weighted by Gasteiger charge is -2.34. The number of anilines is 1. The average molecular weight is 461 g/mol. The number of aromatic nitrogens is 3. The summed E-state index contributed by atoms with van der Waals surface area (Å²) in [5.74, 6) is 2.30. The number of methoxy groups -OCH3 is 1. The number of fused-ring (bicyclic) bond motifs is 3. The number of terminal acetylenes is 1. The number of carbonyl (C=O) groups is 1. The molecule has 2 atom stereocenters. The number of carbonyl (C=O) groups excluding carboxylic acids is 1. The number of hydrogen-bond donors (Lipinski definition) is 1. The standard InChI is InChI=1S/C25H25FN6O2/c1-5-18-19-22(20(26)21(28-18)14-7-6-8-15(11-14)24(33)31(2)3)29-25(34-4)30-23(19)32-12-16-9-10-17(13-32)27-16/h1,6-8,11,16-17,27H,9-10,12-13H2,2-4H3. The molecular weight excluding hydrogens is 435 g/mol. The summed E-state index contributed by atoms with van der Waals surface area (Å²) < 4.78 is 21.3. The fourth-order valence-electron chi connectivity index (χ4n) is 4.78. The average Bonchev–Trinajstić information content (AvgIpc) is 3.20. The van der Waals surface area contributed by atoms with Crippen LogP contribution in [0.1, 0.15) is 28.9 Å². The molecule has 2 aliphatic heterocycles. The van der Waals surface area contributed by atoms with Gasteiger partial charge in [-0.15, -0.1) is 6.42 Å². The maximum Gasteiger partial charge on any atom is 0.318 e. The number of amides is 1. The van der Waals surface area contributed by atoms with E-state index in [0.717, 1.165) is 25.9 Å². The van der Waals surface area contributed by atoms with E-state index in [9.17, 15) is 4.79 Å². The molecular formula is C25H25FN6O2. The summed E-state index contributed by atoms with van der Waals surface area (Å²) in [6, 6.07) is 7.41. The van der Waals surface area contributed by atoms with Crippen LogP contribution >= 0.6 is 0 Å². The normalized spacial score (nSPS) is 19.2. The minimum atomic E-state index is -0.636. The third-order valence-electron chi connectivity index (χ3n) is 6.37. The van der Waals surface area contributed by atoms with Gasteiger partial charge in [0.1, 0.15) is 22.7 Å². The van der Waals surface area contributed by atoms with Crippen molar-refractivity contribution in [3.05, 3.63) is 41.3 Å². The number of piperazine rings is 1. The maximum absolute atomic E-state index is 16.0. The van der Waals surface area contributed by atoms with Gasteiger partial charge < -0.3 is 19.9 Å². The largest absolute Gasteiger partial charge is 0.467 e. The number of nitrogens with one attached hydrogen (secondary N) is 1. The number of ether oxygens (including phenoxy) is 1. The molecule has 34 heavy (non-hydrogen) atoms. The Balaban J connectivity index is 1.70. The summed E-state index contributed by atoms with van der Waals surface area (Å²) in [5.41, 5.74) is 1.18. The van der Waals surface area contributed by atoms with E-state index in [1.54, 1.807) is 38.4 Å². The van der Waals surface area contributed by atoms with Crippen molar-refractivity contribution < 1.29 is 13.9 Å². The lowest BCUT2D eigenvalue weighted by Crippen LogP contribution is -2.51. The van der Waals surface area contributed by atoms with Gasteiger partial charge in [0.25, 0.3) is 5.91 Å². The molecule has 9 heteroatoms. The highest BCUT2D eigenvalue weighted by molar-refractivity contribution is 5.98. The molecule has 2 aromatic heterocycles. The molecule has 0 saturated carbocycles. The summed E-state index contributed by atoms with van der Waals surface area (Å²) in [6.45, 7) is 1.46. The van der Waals surface area contributed by atoms with Gasteiger partial charge in [0.2, 0.25) is 0 Å². The second-order valence-electron chi connectivity index (χ2n) is 8.85. The number of halogens is 1. The molecule has 4 heterocycles. The summed E-state index contributed by atoms with van der Waals surface area (Å²) in [5, 5.41) is 3.98. The van der Waals surface area contributed by atoms with E-state index in [1.165, 1.54) is 12.0 Å². The predicted molar refractivity (Wildman–Crippen MR) is 127 cm³/mol. The summed E-state index contributed by atoms with van der Waals surface area (Å²) in [4.78, 5) is 29.4. The topological polar surface area (TPSA) is 83.5 Å². The van der Waals surface area contributed by atoms with Crippen molar-refractivity contribution in [3.63, 3.8) is 0 Å². The first-order chi connectivity index (χ1) is 16.4. The highest BCUT2D eigenvalue weighted by Gasteiger charge is 2.34. The highest BCUT2D eigenvalue weighted by atomic mass is 19.1. The number of hydrogen-bond acceptors (Lipinski definition) is 7. The molecule has 2 unspecified atom stereocenters. The van der Waals surface area contributed by atoms with Gasteiger partial charge in [-0.2, -0.15) is 9.97 Å². The van der Waals surface area contributed by atoms with E-state index < -0.39 is 5.82 Å². The van der Waals surface area contributed by atoms with E-state index in [0.29, 0.717) is 34.4 Å². The zero-order chi connectivity index (χ0) is 24.0. The Bertz CT molecular complexity index is 1320. The molecule has 1 amide bonds. The molecule has 1 aromatic carbocycles. The Labute approximate surface area is 197 Å². The van der Waals surface area contributed by atoms with Crippen LogP contribution in [0.15, 0.2) is 24.3 Å². The third-order valence-corrected chi connectivity index (χ3v) is 6.37. The summed E-state index contributed by atoms with van der Waals surface area (Å²) >= 11 is 0. The molecule has 2 fully saturated rings. The van der Waals surface area contributed by atoms with Crippen molar-refractivity contribution in [3.8, 4) is 29.6 Å². The van der Waals surface area contributed by atoms with Gasteiger partial charge in [0.15, 0.2) is 5.82 Å². The minimum absolute atomic E-state index is 0.0286. The first-order valence-corrected chi connectivity index (χ1v) is 11.1. The smallest absolute Gasteiger partial charge is 0.318 e. The molecule has 2 aliphatic rings. The first kappa shape index (κ1) is 22.0. The van der Waals surface area contributed by atoms with Gasteiger partial charge in [-0.25, -0.2) is 9.37 Å². The van der Waals surface area contributed by atoms with Gasteiger partial charge >= 0.3 is 6.01 Å². The van der Waals surface area contributed by atoms with Crippen molar-refractivity contribution in [2.75, 3.05) is 39.2 Å². The predicted octanol–water partition coefficient (Wildman–Crippen LogP) is 2.46. The van der Waals surface area contributed by atoms with Crippen LogP contribution in [0.2, 0.25) is 0 Å². The number of pyridine rings is 1. The van der Waals surface area contributed by atoms with Crippen LogP contribution in [-0.2, 0) is 0 Å². The quantitative estimate of drug-likeness (QED) is 0.599. The van der Waals surface area contributed by atoms with Gasteiger partial charge in [0.05, 0.1) is 12.5 Å². The van der Waals surface area contributed by atoms with Crippen molar-refractivity contribution in [1.29, 1.82) is 0 Å². The Morgan fingerprint density at radius 2 is 1.97 bits per heavy atom. The van der Waals surface area contributed by atoms with Crippen LogP contribution in [0.4, 0.5) is 10.2 Å². The molecule has 8 nitrogen and oxygen atoms in total. The monoisotopic (exact) mass is 460 g/mol. The van der Waals surface area contributed by atoms with Gasteiger partial charge in [-0.3, -0.25) is 4.79 Å². The van der Waals surface area contributed by atoms with Gasteiger partial charge in [-0.05, 0) is 30.9 Å². The van der Waals surface area contributed by atoms with Crippen molar-refractivity contribution >= 4 is 22.6 Å². The Hall–Kier alpha value is -3.77. The van der Waals surface area contributed by atoms with Crippen LogP contribution in [0.25, 0.3) is 22.2 Å². The van der Waals surface area contributed by atoms with Crippen LogP contribution in [0.3, 0.4) is 0 Å². The van der Waals surface area contributed by atoms with Crippen LogP contribution in [0.5, 0.6) is 6.01 Å². The lowest BCUT2D eigenvalue weighted by molar-refractivity contribution is 0.0827. The molecule has 3 aromatic rings. The lowest BCUT2D eigenvalue weighted by atomic mass is 10.0. The molecule has 5 rings (SSSR count). The zero-order valence-electron chi connectivity index (χ0n) is 19.3. The van der Waals surface area contributed by atoms with Crippen LogP contribution in [0, 0.1) is 18.2 Å². The van der Waals surface area contributed by atoms with E-state index in [2.05, 4.69) is 31.1 Å². The van der Waals surface area contributed by atoms with E-state index in [-0.39, 0.29) is 28.8 Å². The summed E-state index contributed by atoms with van der Waals surface area (Å²) in [7, 11) is 4.77. The maximum atomic E-state index is 16.0. The van der Waals surface area contributed by atoms with E-state index in [1.807, 2.05) is 0 Å². The minimum Gasteiger partial charge on any atom is -0.467 e. The Morgan fingerprint density at radius 3 is 2.62 bits per heavy atom. The number of benzene rings is 1. The Morgan fingerprint density at radius 1 is 1.24 bits per heavy atom. The van der Waals surface area contributed by atoms with Crippen molar-refractivity contribution in [2.45, 2.75) is 24.9 Å². The molecule has 0 radical (unpaired) electrons. The van der Waals surface area contributed by atoms with Crippen LogP contribution < -0.4 is 15.0 Å². The molecule has 174 valence electrons. The third kappa shape index (κ3) is 3.70. The first-order valence-electron chi connectivity index (χ1n) is 11.1. The summed E-state index contributed by atoms with van der Waals surface area (Å²) in [6.07, 6.45) is 8.02. The number of nitrogens with zero attached hydrogens (tertiary/aromatic N) is 5. The second kappa shape index (κ2) is 8.54. The fraction of sp³-hybridized carbons (Fsp3) is 0.360. The van der Waals surface area contributed by atoms with Crippen molar-refractivity contribution in [2.24, 2.45) is 0 Å². The number of rotatable bonds is 4. The molecule has 2 bridgehead atoms. The van der Waals surface area contributed by atoms with Crippen LogP contribution in [-0.4, -0.2) is 72.1 Å². The molecule has 0 spiro atoms. The Kier molecular flexibility index (Phi) is 5.54. The fourth-order valence-corrected chi connectivity index (χ4v) is 4.78. The highest BCUT2D eigenvalue weighted by Crippen LogP contribution is 2.36. The molecule has 1 N–H and O–H groups in total. The zero-order valence-corrected chi connectivity index (χ0v) is 19.3. The molecule has 2 saturated heterocycles. The van der Waals surface area contributed by atoms with E-state index in [4.69, 9.17) is 11.2 Å². The van der Waals surface area contributed by atoms with E-state index >= 15 is 4.39 Å².